The molecule has 80 valence electrons. The third-order valence-electron chi connectivity index (χ3n) is 1.63. The van der Waals surface area contributed by atoms with E-state index in [1.807, 2.05) is 0 Å². The molecular weight excluding hydrogens is 280 g/mol. The summed E-state index contributed by atoms with van der Waals surface area (Å²) in [6.07, 6.45) is 3.00. The molecule has 0 aliphatic carbocycles. The van der Waals surface area contributed by atoms with Crippen molar-refractivity contribution in [3.63, 3.8) is 0 Å². The highest BCUT2D eigenvalue weighted by molar-refractivity contribution is 9.10. The molecule has 1 heterocycles. The van der Waals surface area contributed by atoms with Gasteiger partial charge in [0.2, 0.25) is 0 Å². The molecule has 0 amide bonds. The van der Waals surface area contributed by atoms with E-state index in [0.717, 1.165) is 16.2 Å². The highest BCUT2D eigenvalue weighted by Crippen LogP contribution is 2.28. The molecule has 6 heteroatoms. The van der Waals surface area contributed by atoms with Crippen molar-refractivity contribution in [2.24, 2.45) is 10.7 Å². The van der Waals surface area contributed by atoms with Crippen molar-refractivity contribution >= 4 is 38.9 Å². The van der Waals surface area contributed by atoms with E-state index >= 15 is 0 Å². The molecule has 15 heavy (non-hydrogen) atoms. The van der Waals surface area contributed by atoms with Crippen LogP contribution in [0.15, 0.2) is 27.8 Å². The molecule has 0 bridgehead atoms. The predicted molar refractivity (Wildman–Crippen MR) is 64.8 cm³/mol. The van der Waals surface area contributed by atoms with E-state index in [9.17, 15) is 4.79 Å². The number of hydrogen-bond donors (Lipinski definition) is 2. The standard InChI is InChI=1S/C9H9BrN2O2S/c1-12-6(2-3-11)8-5(10)4-7(15-8)9(13)14/h2-4H,11H2,1H3,(H,13,14). The maximum absolute atomic E-state index is 10.7. The lowest BCUT2D eigenvalue weighted by Gasteiger charge is -1.95. The van der Waals surface area contributed by atoms with Crippen molar-refractivity contribution in [1.29, 1.82) is 0 Å². The number of nitrogens with two attached hydrogens (primary N) is 1. The second kappa shape index (κ2) is 5.09. The van der Waals surface area contributed by atoms with Gasteiger partial charge in [0.05, 0.1) is 10.6 Å². The van der Waals surface area contributed by atoms with Gasteiger partial charge in [0.15, 0.2) is 0 Å². The molecule has 0 atom stereocenters. The van der Waals surface area contributed by atoms with E-state index in [1.165, 1.54) is 6.20 Å². The van der Waals surface area contributed by atoms with Gasteiger partial charge in [-0.3, -0.25) is 4.99 Å². The van der Waals surface area contributed by atoms with Crippen molar-refractivity contribution < 1.29 is 9.90 Å². The molecule has 1 aromatic heterocycles. The Labute approximate surface area is 99.3 Å². The molecule has 0 saturated heterocycles. The number of rotatable bonds is 3. The second-order valence-corrected chi connectivity index (χ2v) is 4.47. The summed E-state index contributed by atoms with van der Waals surface area (Å²) in [5.74, 6) is -0.945. The Hall–Kier alpha value is -1.14. The summed E-state index contributed by atoms with van der Waals surface area (Å²) in [7, 11) is 1.63. The Bertz CT molecular complexity index is 437. The highest BCUT2D eigenvalue weighted by Gasteiger charge is 2.14. The molecule has 0 spiro atoms. The fraction of sp³-hybridized carbons (Fsp3) is 0.111. The lowest BCUT2D eigenvalue weighted by Crippen LogP contribution is -1.95. The molecule has 0 aliphatic heterocycles. The van der Waals surface area contributed by atoms with Gasteiger partial charge in [-0.25, -0.2) is 4.79 Å². The normalized spacial score (nSPS) is 12.3. The first kappa shape index (κ1) is 11.9. The summed E-state index contributed by atoms with van der Waals surface area (Å²) in [5, 5.41) is 8.81. The minimum absolute atomic E-state index is 0.267. The van der Waals surface area contributed by atoms with Crippen molar-refractivity contribution in [2.75, 3.05) is 7.05 Å². The number of aromatic carboxylic acids is 1. The van der Waals surface area contributed by atoms with E-state index in [-0.39, 0.29) is 4.88 Å². The zero-order valence-electron chi connectivity index (χ0n) is 7.90. The number of carbonyl (C=O) groups is 1. The lowest BCUT2D eigenvalue weighted by atomic mass is 10.3. The van der Waals surface area contributed by atoms with Crippen molar-refractivity contribution in [3.8, 4) is 0 Å². The minimum atomic E-state index is -0.945. The van der Waals surface area contributed by atoms with Crippen molar-refractivity contribution in [1.82, 2.24) is 0 Å². The van der Waals surface area contributed by atoms with Crippen LogP contribution in [0, 0.1) is 0 Å². The molecule has 0 fully saturated rings. The molecule has 3 N–H and O–H groups in total. The van der Waals surface area contributed by atoms with Crippen LogP contribution in [-0.4, -0.2) is 23.8 Å². The van der Waals surface area contributed by atoms with Crippen LogP contribution in [0.4, 0.5) is 0 Å². The van der Waals surface area contributed by atoms with Gasteiger partial charge in [0, 0.05) is 11.5 Å². The number of hydrogen-bond acceptors (Lipinski definition) is 4. The number of aliphatic imine (C=N–C) groups is 1. The SMILES string of the molecule is CN=C(C=CN)c1sc(C(=O)O)cc1Br. The second-order valence-electron chi connectivity index (χ2n) is 2.56. The number of nitrogens with zero attached hydrogens (tertiary/aromatic N) is 1. The van der Waals surface area contributed by atoms with E-state index < -0.39 is 5.97 Å². The maximum atomic E-state index is 10.7. The Kier molecular flexibility index (Phi) is 4.05. The predicted octanol–water partition coefficient (Wildman–Crippen LogP) is 2.10. The third-order valence-corrected chi connectivity index (χ3v) is 3.66. The van der Waals surface area contributed by atoms with E-state index in [1.54, 1.807) is 19.2 Å². The monoisotopic (exact) mass is 288 g/mol. The quantitative estimate of drug-likeness (QED) is 0.837. The molecule has 4 nitrogen and oxygen atoms in total. The summed E-state index contributed by atoms with van der Waals surface area (Å²) >= 11 is 4.44. The summed E-state index contributed by atoms with van der Waals surface area (Å²) in [6, 6.07) is 1.55. The molecule has 0 aromatic carbocycles. The molecule has 0 radical (unpaired) electrons. The first-order valence-corrected chi connectivity index (χ1v) is 5.59. The number of carboxylic acids is 1. The Morgan fingerprint density at radius 2 is 2.40 bits per heavy atom. The molecule has 0 unspecified atom stereocenters. The van der Waals surface area contributed by atoms with E-state index in [4.69, 9.17) is 10.8 Å². The number of halogens is 1. The van der Waals surface area contributed by atoms with Crippen molar-refractivity contribution in [2.45, 2.75) is 0 Å². The molecule has 1 aromatic rings. The molecule has 0 aliphatic rings. The first-order valence-electron chi connectivity index (χ1n) is 3.98. The zero-order chi connectivity index (χ0) is 11.4. The Morgan fingerprint density at radius 1 is 1.73 bits per heavy atom. The largest absolute Gasteiger partial charge is 0.477 e. The highest BCUT2D eigenvalue weighted by atomic mass is 79.9. The first-order chi connectivity index (χ1) is 7.10. The summed E-state index contributed by atoms with van der Waals surface area (Å²) in [4.78, 5) is 15.8. The topological polar surface area (TPSA) is 75.7 Å². The van der Waals surface area contributed by atoms with Crippen LogP contribution in [0.1, 0.15) is 14.5 Å². The van der Waals surface area contributed by atoms with Crippen LogP contribution in [-0.2, 0) is 0 Å². The van der Waals surface area contributed by atoms with Crippen LogP contribution in [0.2, 0.25) is 0 Å². The van der Waals surface area contributed by atoms with Crippen LogP contribution in [0.5, 0.6) is 0 Å². The van der Waals surface area contributed by atoms with Crippen molar-refractivity contribution in [3.05, 3.63) is 32.6 Å². The van der Waals surface area contributed by atoms with Gasteiger partial charge in [-0.15, -0.1) is 11.3 Å². The Morgan fingerprint density at radius 3 is 2.80 bits per heavy atom. The summed E-state index contributed by atoms with van der Waals surface area (Å²) in [6.45, 7) is 0. The summed E-state index contributed by atoms with van der Waals surface area (Å²) in [5.41, 5.74) is 5.93. The van der Waals surface area contributed by atoms with Crippen LogP contribution < -0.4 is 5.73 Å². The number of thiophene rings is 1. The van der Waals surface area contributed by atoms with Gasteiger partial charge >= 0.3 is 5.97 Å². The van der Waals surface area contributed by atoms with Crippen LogP contribution in [0.3, 0.4) is 0 Å². The van der Waals surface area contributed by atoms with Gasteiger partial charge in [-0.05, 0) is 34.3 Å². The molecule has 0 saturated carbocycles. The van der Waals surface area contributed by atoms with E-state index in [0.29, 0.717) is 10.2 Å². The van der Waals surface area contributed by atoms with Gasteiger partial charge in [0.1, 0.15) is 4.88 Å². The lowest BCUT2D eigenvalue weighted by molar-refractivity contribution is 0.0702. The molecule has 1 rings (SSSR count). The zero-order valence-corrected chi connectivity index (χ0v) is 10.3. The van der Waals surface area contributed by atoms with Gasteiger partial charge in [-0.2, -0.15) is 0 Å². The number of carboxylic acid groups (broad SMARTS) is 1. The number of allylic oxidation sites excluding steroid dienone is 1. The third kappa shape index (κ3) is 2.66. The fourth-order valence-corrected chi connectivity index (χ4v) is 2.72. The average molecular weight is 289 g/mol. The summed E-state index contributed by atoms with van der Waals surface area (Å²) < 4.78 is 0.712. The van der Waals surface area contributed by atoms with Crippen LogP contribution >= 0.6 is 27.3 Å². The average Bonchev–Trinajstić information content (AvgIpc) is 2.57. The molecular formula is C9H9BrN2O2S. The van der Waals surface area contributed by atoms with Gasteiger partial charge < -0.3 is 10.8 Å². The van der Waals surface area contributed by atoms with E-state index in [2.05, 4.69) is 20.9 Å². The Balaban J connectivity index is 3.19. The van der Waals surface area contributed by atoms with Gasteiger partial charge in [-0.1, -0.05) is 0 Å². The maximum Gasteiger partial charge on any atom is 0.345 e. The fourth-order valence-electron chi connectivity index (χ4n) is 0.992. The van der Waals surface area contributed by atoms with Crippen LogP contribution in [0.25, 0.3) is 0 Å². The smallest absolute Gasteiger partial charge is 0.345 e. The minimum Gasteiger partial charge on any atom is -0.477 e. The van der Waals surface area contributed by atoms with Gasteiger partial charge in [0.25, 0.3) is 0 Å².